The molecule has 1 aliphatic heterocycles. The Balaban J connectivity index is 2.15. The Morgan fingerprint density at radius 1 is 1.70 bits per heavy atom. The Hall–Kier alpha value is -0.530. The van der Waals surface area contributed by atoms with Crippen molar-refractivity contribution in [2.75, 3.05) is 0 Å². The Kier molecular flexibility index (Phi) is 0.960. The number of carbonyl (C=O) groups excluding carboxylic acids is 1. The molecule has 0 bridgehead atoms. The van der Waals surface area contributed by atoms with Crippen molar-refractivity contribution in [1.82, 2.24) is 5.32 Å². The third-order valence-electron chi connectivity index (χ3n) is 2.92. The Morgan fingerprint density at radius 2 is 2.40 bits per heavy atom. The van der Waals surface area contributed by atoms with Gasteiger partial charge in [0.2, 0.25) is 5.91 Å². The van der Waals surface area contributed by atoms with Crippen LogP contribution in [0.1, 0.15) is 26.7 Å². The first-order valence-electron chi connectivity index (χ1n) is 3.93. The van der Waals surface area contributed by atoms with Gasteiger partial charge in [0.15, 0.2) is 0 Å². The van der Waals surface area contributed by atoms with Crippen LogP contribution in [0.15, 0.2) is 0 Å². The van der Waals surface area contributed by atoms with Gasteiger partial charge in [0.1, 0.15) is 0 Å². The molecule has 0 aromatic rings. The summed E-state index contributed by atoms with van der Waals surface area (Å²) in [5.41, 5.74) is 0.189. The Labute approximate surface area is 61.0 Å². The van der Waals surface area contributed by atoms with Crippen molar-refractivity contribution < 1.29 is 4.79 Å². The van der Waals surface area contributed by atoms with E-state index in [1.807, 2.05) is 0 Å². The van der Waals surface area contributed by atoms with E-state index < -0.39 is 0 Å². The highest BCUT2D eigenvalue weighted by atomic mass is 16.1. The number of rotatable bonds is 0. The fraction of sp³-hybridized carbons (Fsp3) is 0.875. The quantitative estimate of drug-likeness (QED) is 0.531. The van der Waals surface area contributed by atoms with Gasteiger partial charge in [-0.3, -0.25) is 4.79 Å². The number of hydrogen-bond donors (Lipinski definition) is 1. The zero-order valence-corrected chi connectivity index (χ0v) is 6.48. The van der Waals surface area contributed by atoms with Crippen LogP contribution in [0.3, 0.4) is 0 Å². The molecule has 0 spiro atoms. The van der Waals surface area contributed by atoms with E-state index in [0.717, 1.165) is 12.3 Å². The van der Waals surface area contributed by atoms with E-state index in [1.54, 1.807) is 0 Å². The van der Waals surface area contributed by atoms with E-state index in [1.165, 1.54) is 6.42 Å². The van der Waals surface area contributed by atoms with Gasteiger partial charge in [0.05, 0.1) is 0 Å². The molecule has 2 nitrogen and oxygen atoms in total. The zero-order chi connectivity index (χ0) is 7.35. The second-order valence-electron chi connectivity index (χ2n) is 3.96. The normalized spacial score (nSPS) is 51.6. The molecule has 1 N–H and O–H groups in total. The fourth-order valence-electron chi connectivity index (χ4n) is 2.18. The lowest BCUT2D eigenvalue weighted by atomic mass is 9.95. The van der Waals surface area contributed by atoms with E-state index in [4.69, 9.17) is 0 Å². The van der Waals surface area contributed by atoms with Gasteiger partial charge in [-0.05, 0) is 25.2 Å². The van der Waals surface area contributed by atoms with E-state index in [-0.39, 0.29) is 11.4 Å². The maximum Gasteiger partial charge on any atom is 0.220 e. The van der Waals surface area contributed by atoms with Gasteiger partial charge in [-0.15, -0.1) is 0 Å². The maximum absolute atomic E-state index is 11.0. The molecular weight excluding hydrogens is 126 g/mol. The van der Waals surface area contributed by atoms with E-state index in [0.29, 0.717) is 5.92 Å². The number of carbonyl (C=O) groups is 1. The van der Waals surface area contributed by atoms with Crippen LogP contribution in [0.2, 0.25) is 0 Å². The van der Waals surface area contributed by atoms with E-state index in [9.17, 15) is 4.79 Å². The molecule has 56 valence electrons. The lowest BCUT2D eigenvalue weighted by Gasteiger charge is -2.23. The van der Waals surface area contributed by atoms with Crippen LogP contribution in [0.25, 0.3) is 0 Å². The summed E-state index contributed by atoms with van der Waals surface area (Å²) in [7, 11) is 0. The molecule has 0 aromatic heterocycles. The first-order valence-corrected chi connectivity index (χ1v) is 3.93. The van der Waals surface area contributed by atoms with Gasteiger partial charge < -0.3 is 5.32 Å². The standard InChI is InChI=1S/C8H13NO/c1-5-3-7(10)9-8(2)4-6(5)8/h5-6H,3-4H2,1-2H3,(H,9,10)/t5-,6-,8-/m0/s1. The third-order valence-corrected chi connectivity index (χ3v) is 2.92. The minimum atomic E-state index is 0.189. The summed E-state index contributed by atoms with van der Waals surface area (Å²) in [5.74, 6) is 1.62. The summed E-state index contributed by atoms with van der Waals surface area (Å²) in [5, 5.41) is 3.02. The van der Waals surface area contributed by atoms with Crippen molar-refractivity contribution in [1.29, 1.82) is 0 Å². The number of fused-ring (bicyclic) bond motifs is 1. The minimum absolute atomic E-state index is 0.189. The molecule has 1 aliphatic carbocycles. The largest absolute Gasteiger partial charge is 0.351 e. The summed E-state index contributed by atoms with van der Waals surface area (Å²) >= 11 is 0. The van der Waals surface area contributed by atoms with Gasteiger partial charge in [0.25, 0.3) is 0 Å². The van der Waals surface area contributed by atoms with Crippen LogP contribution >= 0.6 is 0 Å². The van der Waals surface area contributed by atoms with Crippen molar-refractivity contribution >= 4 is 5.91 Å². The first kappa shape index (κ1) is 6.20. The van der Waals surface area contributed by atoms with Crippen molar-refractivity contribution in [2.24, 2.45) is 11.8 Å². The molecule has 1 heterocycles. The summed E-state index contributed by atoms with van der Waals surface area (Å²) in [6.45, 7) is 4.32. The van der Waals surface area contributed by atoms with Crippen molar-refractivity contribution in [3.63, 3.8) is 0 Å². The minimum Gasteiger partial charge on any atom is -0.351 e. The average molecular weight is 139 g/mol. The number of amides is 1. The Morgan fingerprint density at radius 3 is 3.00 bits per heavy atom. The number of nitrogens with one attached hydrogen (secondary N) is 1. The van der Waals surface area contributed by atoms with E-state index >= 15 is 0 Å². The molecule has 3 atom stereocenters. The molecule has 1 amide bonds. The summed E-state index contributed by atoms with van der Waals surface area (Å²) in [6, 6.07) is 0. The predicted octanol–water partition coefficient (Wildman–Crippen LogP) is 0.921. The van der Waals surface area contributed by atoms with Gasteiger partial charge in [0, 0.05) is 12.0 Å². The maximum atomic E-state index is 11.0. The highest BCUT2D eigenvalue weighted by Gasteiger charge is 2.56. The van der Waals surface area contributed by atoms with Crippen LogP contribution in [-0.4, -0.2) is 11.4 Å². The highest BCUT2D eigenvalue weighted by Crippen LogP contribution is 2.51. The molecule has 10 heavy (non-hydrogen) atoms. The monoisotopic (exact) mass is 139 g/mol. The zero-order valence-electron chi connectivity index (χ0n) is 6.48. The summed E-state index contributed by atoms with van der Waals surface area (Å²) < 4.78 is 0. The topological polar surface area (TPSA) is 29.1 Å². The smallest absolute Gasteiger partial charge is 0.220 e. The lowest BCUT2D eigenvalue weighted by Crippen LogP contribution is -2.42. The van der Waals surface area contributed by atoms with Gasteiger partial charge >= 0.3 is 0 Å². The molecule has 1 saturated carbocycles. The molecule has 2 fully saturated rings. The molecule has 0 unspecified atom stereocenters. The van der Waals surface area contributed by atoms with E-state index in [2.05, 4.69) is 19.2 Å². The average Bonchev–Trinajstić information content (AvgIpc) is 2.39. The summed E-state index contributed by atoms with van der Waals surface area (Å²) in [6.07, 6.45) is 1.93. The van der Waals surface area contributed by atoms with Gasteiger partial charge in [-0.25, -0.2) is 0 Å². The van der Waals surface area contributed by atoms with Crippen LogP contribution in [-0.2, 0) is 4.79 Å². The Bertz CT molecular complexity index is 190. The second kappa shape index (κ2) is 1.55. The highest BCUT2D eigenvalue weighted by molar-refractivity contribution is 5.79. The van der Waals surface area contributed by atoms with Crippen LogP contribution in [0, 0.1) is 11.8 Å². The second-order valence-corrected chi connectivity index (χ2v) is 3.96. The van der Waals surface area contributed by atoms with Crippen molar-refractivity contribution in [3.8, 4) is 0 Å². The van der Waals surface area contributed by atoms with Gasteiger partial charge in [-0.1, -0.05) is 6.92 Å². The molecule has 2 rings (SSSR count). The number of hydrogen-bond acceptors (Lipinski definition) is 1. The third kappa shape index (κ3) is 0.678. The molecule has 0 aromatic carbocycles. The van der Waals surface area contributed by atoms with Crippen molar-refractivity contribution in [3.05, 3.63) is 0 Å². The lowest BCUT2D eigenvalue weighted by molar-refractivity contribution is -0.124. The molecule has 1 saturated heterocycles. The number of piperidine rings is 1. The SMILES string of the molecule is C[C@H]1CC(=O)N[C@@]2(C)C[C@@H]12. The molecule has 2 aliphatic rings. The predicted molar refractivity (Wildman–Crippen MR) is 38.4 cm³/mol. The molecular formula is C8H13NO. The molecule has 2 heteroatoms. The fourth-order valence-corrected chi connectivity index (χ4v) is 2.18. The summed E-state index contributed by atoms with van der Waals surface area (Å²) in [4.78, 5) is 11.0. The van der Waals surface area contributed by atoms with Gasteiger partial charge in [-0.2, -0.15) is 0 Å². The molecule has 0 radical (unpaired) electrons. The van der Waals surface area contributed by atoms with Crippen LogP contribution in [0.5, 0.6) is 0 Å². The van der Waals surface area contributed by atoms with Crippen molar-refractivity contribution in [2.45, 2.75) is 32.2 Å². The van der Waals surface area contributed by atoms with Crippen LogP contribution in [0.4, 0.5) is 0 Å². The first-order chi connectivity index (χ1) is 4.62. The van der Waals surface area contributed by atoms with Crippen LogP contribution < -0.4 is 5.32 Å².